The first-order valence-electron chi connectivity index (χ1n) is 6.47. The van der Waals surface area contributed by atoms with Gasteiger partial charge in [0.15, 0.2) is 5.82 Å². The molecule has 0 fully saturated rings. The van der Waals surface area contributed by atoms with Crippen LogP contribution in [0.2, 0.25) is 0 Å². The maximum Gasteiger partial charge on any atom is 0.313 e. The Bertz CT molecular complexity index is 736. The van der Waals surface area contributed by atoms with Crippen LogP contribution in [-0.4, -0.2) is 32.0 Å². The molecule has 2 N–H and O–H groups in total. The maximum atomic E-state index is 10.5. The molecule has 5 nitrogen and oxygen atoms in total. The Morgan fingerprint density at radius 2 is 2.14 bits per heavy atom. The summed E-state index contributed by atoms with van der Waals surface area (Å²) in [5, 5.41) is 19.1. The van der Waals surface area contributed by atoms with Crippen molar-refractivity contribution in [3.63, 3.8) is 0 Å². The van der Waals surface area contributed by atoms with Gasteiger partial charge in [-0.3, -0.25) is 9.89 Å². The summed E-state index contributed by atoms with van der Waals surface area (Å²) in [4.78, 5) is 14.8. The highest BCUT2D eigenvalue weighted by Crippen LogP contribution is 2.32. The lowest BCUT2D eigenvalue weighted by molar-refractivity contribution is -0.133. The van der Waals surface area contributed by atoms with E-state index >= 15 is 0 Å². The summed E-state index contributed by atoms with van der Waals surface area (Å²) in [6, 6.07) is 8.07. The number of H-pyrrole nitrogens is 1. The van der Waals surface area contributed by atoms with Crippen molar-refractivity contribution in [2.45, 2.75) is 19.0 Å². The first kappa shape index (κ1) is 15.5. The number of carbonyl (C=O) groups is 1. The largest absolute Gasteiger partial charge is 0.481 e. The molecular weight excluding hydrogens is 306 g/mol. The standard InChI is InChI=1S/C12H9N3O2S2.C2H6/c16-10(17)6-19-12-13-11(14-15-12)8-5-18-9-4-2-1-3-7(8)9;1-2/h1-5H,6H2,(H,16,17)(H,13,14,15);1-2H3. The van der Waals surface area contributed by atoms with Gasteiger partial charge in [0.05, 0.1) is 5.75 Å². The fourth-order valence-electron chi connectivity index (χ4n) is 1.72. The van der Waals surface area contributed by atoms with E-state index in [1.165, 1.54) is 4.70 Å². The third-order valence-corrected chi connectivity index (χ3v) is 4.32. The molecule has 0 aliphatic heterocycles. The predicted molar refractivity (Wildman–Crippen MR) is 86.9 cm³/mol. The van der Waals surface area contributed by atoms with Gasteiger partial charge in [-0.2, -0.15) is 0 Å². The zero-order chi connectivity index (χ0) is 15.2. The van der Waals surface area contributed by atoms with Gasteiger partial charge in [0.2, 0.25) is 5.16 Å². The van der Waals surface area contributed by atoms with Crippen LogP contribution < -0.4 is 0 Å². The van der Waals surface area contributed by atoms with Crippen molar-refractivity contribution in [3.8, 4) is 11.4 Å². The van der Waals surface area contributed by atoms with Gasteiger partial charge in [0.1, 0.15) is 0 Å². The minimum atomic E-state index is -0.877. The van der Waals surface area contributed by atoms with E-state index in [4.69, 9.17) is 5.11 Å². The van der Waals surface area contributed by atoms with Gasteiger partial charge in [-0.1, -0.05) is 43.8 Å². The minimum Gasteiger partial charge on any atom is -0.481 e. The Labute approximate surface area is 130 Å². The van der Waals surface area contributed by atoms with Crippen LogP contribution in [0, 0.1) is 0 Å². The molecule has 0 atom stereocenters. The van der Waals surface area contributed by atoms with Gasteiger partial charge in [0.25, 0.3) is 0 Å². The molecule has 2 heterocycles. The van der Waals surface area contributed by atoms with E-state index in [1.54, 1.807) is 11.3 Å². The molecule has 0 unspecified atom stereocenters. The number of carboxylic acid groups (broad SMARTS) is 1. The highest BCUT2D eigenvalue weighted by molar-refractivity contribution is 7.99. The summed E-state index contributed by atoms with van der Waals surface area (Å²) in [6.45, 7) is 4.00. The summed E-state index contributed by atoms with van der Waals surface area (Å²) in [5.41, 5.74) is 0.996. The molecule has 110 valence electrons. The van der Waals surface area contributed by atoms with Crippen LogP contribution in [0.4, 0.5) is 0 Å². The van der Waals surface area contributed by atoms with Crippen molar-refractivity contribution < 1.29 is 9.90 Å². The third kappa shape index (κ3) is 3.62. The van der Waals surface area contributed by atoms with Crippen LogP contribution in [0.15, 0.2) is 34.8 Å². The van der Waals surface area contributed by atoms with E-state index in [0.717, 1.165) is 22.7 Å². The monoisotopic (exact) mass is 321 g/mol. The van der Waals surface area contributed by atoms with Crippen LogP contribution in [0.1, 0.15) is 13.8 Å². The Morgan fingerprint density at radius 1 is 1.38 bits per heavy atom. The zero-order valence-electron chi connectivity index (χ0n) is 11.7. The highest BCUT2D eigenvalue weighted by atomic mass is 32.2. The summed E-state index contributed by atoms with van der Waals surface area (Å²) >= 11 is 2.75. The molecule has 0 spiro atoms. The lowest BCUT2D eigenvalue weighted by Gasteiger charge is -1.93. The molecule has 7 heteroatoms. The second-order valence-corrected chi connectivity index (χ2v) is 5.65. The Balaban J connectivity index is 0.000000774. The zero-order valence-corrected chi connectivity index (χ0v) is 13.3. The van der Waals surface area contributed by atoms with Gasteiger partial charge >= 0.3 is 5.97 Å². The van der Waals surface area contributed by atoms with Crippen LogP contribution >= 0.6 is 23.1 Å². The number of benzene rings is 1. The highest BCUT2D eigenvalue weighted by Gasteiger charge is 2.11. The van der Waals surface area contributed by atoms with Crippen molar-refractivity contribution in [1.29, 1.82) is 0 Å². The van der Waals surface area contributed by atoms with Gasteiger partial charge in [0, 0.05) is 21.0 Å². The molecule has 21 heavy (non-hydrogen) atoms. The van der Waals surface area contributed by atoms with Crippen LogP contribution in [0.3, 0.4) is 0 Å². The first-order valence-corrected chi connectivity index (χ1v) is 8.34. The van der Waals surface area contributed by atoms with Gasteiger partial charge in [-0.25, -0.2) is 4.98 Å². The average molecular weight is 321 g/mol. The third-order valence-electron chi connectivity index (χ3n) is 2.53. The van der Waals surface area contributed by atoms with Crippen LogP contribution in [-0.2, 0) is 4.79 Å². The summed E-state index contributed by atoms with van der Waals surface area (Å²) < 4.78 is 1.19. The Hall–Kier alpha value is -1.86. The molecule has 3 aromatic rings. The average Bonchev–Trinajstić information content (AvgIpc) is 3.13. The van der Waals surface area contributed by atoms with E-state index in [2.05, 4.69) is 21.2 Å². The molecule has 0 saturated heterocycles. The molecule has 0 amide bonds. The number of thiophene rings is 1. The number of fused-ring (bicyclic) bond motifs is 1. The van der Waals surface area contributed by atoms with E-state index in [-0.39, 0.29) is 5.75 Å². The van der Waals surface area contributed by atoms with Crippen molar-refractivity contribution in [3.05, 3.63) is 29.6 Å². The van der Waals surface area contributed by atoms with Crippen LogP contribution in [0.25, 0.3) is 21.5 Å². The van der Waals surface area contributed by atoms with Crippen LogP contribution in [0.5, 0.6) is 0 Å². The Morgan fingerprint density at radius 3 is 2.90 bits per heavy atom. The molecule has 3 rings (SSSR count). The lowest BCUT2D eigenvalue weighted by atomic mass is 10.2. The molecule has 1 aromatic carbocycles. The number of aromatic amines is 1. The fraction of sp³-hybridized carbons (Fsp3) is 0.214. The number of aliphatic carboxylic acids is 1. The molecule has 2 aromatic heterocycles. The number of aromatic nitrogens is 3. The second-order valence-electron chi connectivity index (χ2n) is 3.79. The maximum absolute atomic E-state index is 10.5. The second kappa shape index (κ2) is 7.24. The number of rotatable bonds is 4. The quantitative estimate of drug-likeness (QED) is 0.713. The number of nitrogens with one attached hydrogen (secondary N) is 1. The minimum absolute atomic E-state index is 0.0400. The van der Waals surface area contributed by atoms with Crippen molar-refractivity contribution >= 4 is 39.2 Å². The normalized spacial score (nSPS) is 10.2. The van der Waals surface area contributed by atoms with Crippen molar-refractivity contribution in [1.82, 2.24) is 15.2 Å². The summed E-state index contributed by atoms with van der Waals surface area (Å²) in [7, 11) is 0. The molecule has 0 bridgehead atoms. The molecule has 0 saturated carbocycles. The van der Waals surface area contributed by atoms with Crippen molar-refractivity contribution in [2.24, 2.45) is 0 Å². The topological polar surface area (TPSA) is 78.9 Å². The number of nitrogens with zero attached hydrogens (tertiary/aromatic N) is 2. The Kier molecular flexibility index (Phi) is 5.35. The molecule has 0 radical (unpaired) electrons. The number of hydrogen-bond donors (Lipinski definition) is 2. The number of carboxylic acids is 1. The van der Waals surface area contributed by atoms with E-state index in [9.17, 15) is 4.79 Å². The van der Waals surface area contributed by atoms with E-state index < -0.39 is 5.97 Å². The molecular formula is C14H15N3O2S2. The van der Waals surface area contributed by atoms with E-state index in [0.29, 0.717) is 11.0 Å². The predicted octanol–water partition coefficient (Wildman–Crippen LogP) is 3.89. The summed E-state index contributed by atoms with van der Waals surface area (Å²) in [5.74, 6) is -0.246. The van der Waals surface area contributed by atoms with Gasteiger partial charge < -0.3 is 5.11 Å². The van der Waals surface area contributed by atoms with E-state index in [1.807, 2.05) is 37.4 Å². The molecule has 0 aliphatic carbocycles. The smallest absolute Gasteiger partial charge is 0.313 e. The number of thioether (sulfide) groups is 1. The SMILES string of the molecule is CC.O=C(O)CSc1n[nH]c(-c2csc3ccccc23)n1. The van der Waals surface area contributed by atoms with Crippen molar-refractivity contribution in [2.75, 3.05) is 5.75 Å². The van der Waals surface area contributed by atoms with Gasteiger partial charge in [-0.15, -0.1) is 16.4 Å². The number of hydrogen-bond acceptors (Lipinski definition) is 5. The van der Waals surface area contributed by atoms with Gasteiger partial charge in [-0.05, 0) is 6.07 Å². The lowest BCUT2D eigenvalue weighted by Crippen LogP contribution is -1.97. The fourth-order valence-corrected chi connectivity index (χ4v) is 3.18. The first-order chi connectivity index (χ1) is 10.2. The molecule has 0 aliphatic rings. The summed E-state index contributed by atoms with van der Waals surface area (Å²) in [6.07, 6.45) is 0.